The topological polar surface area (TPSA) is 22.4 Å². The number of furan rings is 1. The van der Waals surface area contributed by atoms with E-state index >= 15 is 0 Å². The summed E-state index contributed by atoms with van der Waals surface area (Å²) in [7, 11) is 0. The molecule has 0 radical (unpaired) electrons. The molecule has 0 saturated heterocycles. The van der Waals surface area contributed by atoms with Crippen molar-refractivity contribution in [1.29, 1.82) is 0 Å². The van der Waals surface area contributed by atoms with Gasteiger partial charge in [0, 0.05) is 5.39 Å². The number of halogens is 3. The van der Waals surface area contributed by atoms with E-state index in [1.165, 1.54) is 12.1 Å². The zero-order chi connectivity index (χ0) is 14.2. The van der Waals surface area contributed by atoms with Gasteiger partial charge in [0.2, 0.25) is 0 Å². The minimum Gasteiger partial charge on any atom is -0.464 e. The van der Waals surface area contributed by atoms with Crippen LogP contribution in [0.5, 0.6) is 5.75 Å². The number of fused-ring (bicyclic) bond motifs is 1. The summed E-state index contributed by atoms with van der Waals surface area (Å²) < 4.78 is 45.3. The van der Waals surface area contributed by atoms with Crippen LogP contribution in [0.25, 0.3) is 22.1 Å². The molecule has 1 heterocycles. The van der Waals surface area contributed by atoms with Crippen LogP contribution in [0, 0.1) is 0 Å². The molecule has 102 valence electrons. The summed E-state index contributed by atoms with van der Waals surface area (Å²) in [5, 5.41) is 0.978. The standard InChI is InChI=1S/C15H9F3O2/c16-15(17,18)20-13-5-3-10(4-6-13)12-2-1-11-7-8-19-14(11)9-12/h1-9H. The lowest BCUT2D eigenvalue weighted by atomic mass is 10.0. The molecule has 5 heteroatoms. The number of ether oxygens (including phenoxy) is 1. The van der Waals surface area contributed by atoms with Gasteiger partial charge < -0.3 is 9.15 Å². The van der Waals surface area contributed by atoms with Crippen molar-refractivity contribution in [2.24, 2.45) is 0 Å². The Kier molecular flexibility index (Phi) is 2.89. The molecule has 0 amide bonds. The van der Waals surface area contributed by atoms with E-state index in [-0.39, 0.29) is 5.75 Å². The Morgan fingerprint density at radius 2 is 1.55 bits per heavy atom. The predicted molar refractivity (Wildman–Crippen MR) is 68.3 cm³/mol. The fraction of sp³-hybridized carbons (Fsp3) is 0.0667. The molecule has 0 spiro atoms. The second-order valence-electron chi connectivity index (χ2n) is 4.25. The summed E-state index contributed by atoms with van der Waals surface area (Å²) in [5.74, 6) is -0.236. The van der Waals surface area contributed by atoms with Gasteiger partial charge in [-0.2, -0.15) is 0 Å². The summed E-state index contributed by atoms with van der Waals surface area (Å²) >= 11 is 0. The highest BCUT2D eigenvalue weighted by atomic mass is 19.4. The molecule has 0 atom stereocenters. The smallest absolute Gasteiger partial charge is 0.464 e. The Morgan fingerprint density at radius 1 is 0.850 bits per heavy atom. The van der Waals surface area contributed by atoms with Gasteiger partial charge in [0.05, 0.1) is 6.26 Å². The summed E-state index contributed by atoms with van der Waals surface area (Å²) in [6.07, 6.45) is -3.08. The van der Waals surface area contributed by atoms with E-state index in [1.807, 2.05) is 24.3 Å². The highest BCUT2D eigenvalue weighted by Crippen LogP contribution is 2.28. The molecule has 3 aromatic rings. The summed E-state index contributed by atoms with van der Waals surface area (Å²) in [4.78, 5) is 0. The zero-order valence-corrected chi connectivity index (χ0v) is 10.1. The highest BCUT2D eigenvalue weighted by Gasteiger charge is 2.30. The molecule has 0 saturated carbocycles. The molecule has 1 aromatic heterocycles. The lowest BCUT2D eigenvalue weighted by Gasteiger charge is -2.09. The quantitative estimate of drug-likeness (QED) is 0.658. The first-order chi connectivity index (χ1) is 9.51. The molecule has 2 aromatic carbocycles. The van der Waals surface area contributed by atoms with Crippen LogP contribution in [0.4, 0.5) is 13.2 Å². The van der Waals surface area contributed by atoms with E-state index in [1.54, 1.807) is 18.4 Å². The molecule has 0 aliphatic rings. The van der Waals surface area contributed by atoms with Gasteiger partial charge in [0.25, 0.3) is 0 Å². The predicted octanol–water partition coefficient (Wildman–Crippen LogP) is 5.00. The number of hydrogen-bond acceptors (Lipinski definition) is 2. The fourth-order valence-corrected chi connectivity index (χ4v) is 1.98. The van der Waals surface area contributed by atoms with Crippen LogP contribution in [0.2, 0.25) is 0 Å². The number of rotatable bonds is 2. The molecular weight excluding hydrogens is 269 g/mol. The molecule has 3 rings (SSSR count). The van der Waals surface area contributed by atoms with Gasteiger partial charge in [-0.3, -0.25) is 0 Å². The molecule has 0 aliphatic carbocycles. The fourth-order valence-electron chi connectivity index (χ4n) is 1.98. The Balaban J connectivity index is 1.90. The molecule has 0 aliphatic heterocycles. The monoisotopic (exact) mass is 278 g/mol. The van der Waals surface area contributed by atoms with Crippen molar-refractivity contribution in [2.45, 2.75) is 6.36 Å². The Bertz CT molecular complexity index is 727. The lowest BCUT2D eigenvalue weighted by Crippen LogP contribution is -2.16. The third-order valence-corrected chi connectivity index (χ3v) is 2.88. The highest BCUT2D eigenvalue weighted by molar-refractivity contribution is 5.83. The van der Waals surface area contributed by atoms with Gasteiger partial charge >= 0.3 is 6.36 Å². The zero-order valence-electron chi connectivity index (χ0n) is 10.1. The van der Waals surface area contributed by atoms with E-state index in [2.05, 4.69) is 4.74 Å². The van der Waals surface area contributed by atoms with E-state index in [0.29, 0.717) is 0 Å². The van der Waals surface area contributed by atoms with Gasteiger partial charge in [-0.15, -0.1) is 13.2 Å². The van der Waals surface area contributed by atoms with E-state index in [9.17, 15) is 13.2 Å². The first kappa shape index (κ1) is 12.6. The first-order valence-corrected chi connectivity index (χ1v) is 5.85. The van der Waals surface area contributed by atoms with Crippen LogP contribution < -0.4 is 4.74 Å². The van der Waals surface area contributed by atoms with Crippen molar-refractivity contribution in [1.82, 2.24) is 0 Å². The molecule has 0 N–H and O–H groups in total. The Morgan fingerprint density at radius 3 is 2.25 bits per heavy atom. The second-order valence-corrected chi connectivity index (χ2v) is 4.25. The maximum atomic E-state index is 12.1. The second kappa shape index (κ2) is 4.59. The molecule has 20 heavy (non-hydrogen) atoms. The Hall–Kier alpha value is -2.43. The Labute approximate surface area is 112 Å². The van der Waals surface area contributed by atoms with Crippen molar-refractivity contribution >= 4 is 11.0 Å². The maximum absolute atomic E-state index is 12.1. The van der Waals surface area contributed by atoms with Gasteiger partial charge in [-0.05, 0) is 35.4 Å². The average molecular weight is 278 g/mol. The van der Waals surface area contributed by atoms with Crippen LogP contribution in [0.1, 0.15) is 0 Å². The third-order valence-electron chi connectivity index (χ3n) is 2.88. The summed E-state index contributed by atoms with van der Waals surface area (Å²) in [6, 6.07) is 13.2. The lowest BCUT2D eigenvalue weighted by molar-refractivity contribution is -0.274. The van der Waals surface area contributed by atoms with Crippen molar-refractivity contribution < 1.29 is 22.3 Å². The third kappa shape index (κ3) is 2.61. The minimum absolute atomic E-state index is 0.236. The van der Waals surface area contributed by atoms with Crippen LogP contribution >= 0.6 is 0 Å². The first-order valence-electron chi connectivity index (χ1n) is 5.85. The molecule has 2 nitrogen and oxygen atoms in total. The largest absolute Gasteiger partial charge is 0.573 e. The summed E-state index contributed by atoms with van der Waals surface area (Å²) in [5.41, 5.74) is 2.39. The number of hydrogen-bond donors (Lipinski definition) is 0. The van der Waals surface area contributed by atoms with Crippen molar-refractivity contribution in [2.75, 3.05) is 0 Å². The van der Waals surface area contributed by atoms with E-state index in [4.69, 9.17) is 4.42 Å². The van der Waals surface area contributed by atoms with Gasteiger partial charge in [0.15, 0.2) is 0 Å². The molecule has 0 bridgehead atoms. The SMILES string of the molecule is FC(F)(F)Oc1ccc(-c2ccc3ccoc3c2)cc1. The van der Waals surface area contributed by atoms with Crippen LogP contribution in [-0.4, -0.2) is 6.36 Å². The molecule has 0 unspecified atom stereocenters. The average Bonchev–Trinajstić information content (AvgIpc) is 2.85. The number of alkyl halides is 3. The minimum atomic E-state index is -4.67. The van der Waals surface area contributed by atoms with Crippen LogP contribution in [-0.2, 0) is 0 Å². The molecular formula is C15H9F3O2. The van der Waals surface area contributed by atoms with Gasteiger partial charge in [-0.25, -0.2) is 0 Å². The van der Waals surface area contributed by atoms with E-state index in [0.717, 1.165) is 22.1 Å². The molecule has 0 fully saturated rings. The van der Waals surface area contributed by atoms with Crippen LogP contribution in [0.3, 0.4) is 0 Å². The van der Waals surface area contributed by atoms with Crippen molar-refractivity contribution in [3.05, 3.63) is 54.8 Å². The van der Waals surface area contributed by atoms with E-state index < -0.39 is 6.36 Å². The normalized spacial score (nSPS) is 11.8. The van der Waals surface area contributed by atoms with Crippen molar-refractivity contribution in [3.63, 3.8) is 0 Å². The maximum Gasteiger partial charge on any atom is 0.573 e. The van der Waals surface area contributed by atoms with Crippen molar-refractivity contribution in [3.8, 4) is 16.9 Å². The van der Waals surface area contributed by atoms with Crippen LogP contribution in [0.15, 0.2) is 59.2 Å². The van der Waals surface area contributed by atoms with Gasteiger partial charge in [-0.1, -0.05) is 24.3 Å². The summed E-state index contributed by atoms with van der Waals surface area (Å²) in [6.45, 7) is 0. The van der Waals surface area contributed by atoms with Gasteiger partial charge in [0.1, 0.15) is 11.3 Å². The number of benzene rings is 2.